The highest BCUT2D eigenvalue weighted by Crippen LogP contribution is 2.43. The molecule has 4 amide bonds. The summed E-state index contributed by atoms with van der Waals surface area (Å²) in [5.74, 6) is -3.01. The molecule has 0 radical (unpaired) electrons. The predicted octanol–water partition coefficient (Wildman–Crippen LogP) is 5.95. The topological polar surface area (TPSA) is 190 Å². The van der Waals surface area contributed by atoms with E-state index in [9.17, 15) is 34.3 Å². The molecule has 374 valence electrons. The third kappa shape index (κ3) is 12.4. The number of amides is 4. The third-order valence-corrected chi connectivity index (χ3v) is 12.9. The molecule has 0 spiro atoms. The summed E-state index contributed by atoms with van der Waals surface area (Å²) in [6.45, 7) is 15.9. The van der Waals surface area contributed by atoms with Gasteiger partial charge < -0.3 is 29.5 Å². The van der Waals surface area contributed by atoms with Crippen molar-refractivity contribution in [3.63, 3.8) is 0 Å². The van der Waals surface area contributed by atoms with Gasteiger partial charge in [-0.3, -0.25) is 34.0 Å². The van der Waals surface area contributed by atoms with Crippen molar-refractivity contribution >= 4 is 94.5 Å². The summed E-state index contributed by atoms with van der Waals surface area (Å²) in [6.07, 6.45) is 6.47. The molecule has 3 aliphatic heterocycles. The summed E-state index contributed by atoms with van der Waals surface area (Å²) in [6, 6.07) is 14.4. The summed E-state index contributed by atoms with van der Waals surface area (Å²) in [5, 5.41) is 27.1. The normalized spacial score (nSPS) is 19.5. The van der Waals surface area contributed by atoms with Crippen LogP contribution < -0.4 is 10.7 Å². The van der Waals surface area contributed by atoms with Crippen LogP contribution in [0.2, 0.25) is 0 Å². The van der Waals surface area contributed by atoms with Gasteiger partial charge in [-0.25, -0.2) is 5.43 Å². The Bertz CT molecular complexity index is 2580. The second kappa shape index (κ2) is 23.7. The number of aromatic hydroxyl groups is 1. The first kappa shape index (κ1) is 58.2. The number of phenolic OH excluding ortho intramolecular Hbond substituents is 1. The molecule has 2 aromatic carbocycles. The quantitative estimate of drug-likeness (QED) is 0.141. The van der Waals surface area contributed by atoms with Gasteiger partial charge in [-0.2, -0.15) is 59.2 Å². The van der Waals surface area contributed by atoms with E-state index in [-0.39, 0.29) is 104 Å². The Hall–Kier alpha value is -5.13. The minimum Gasteiger partial charge on any atom is -0.508 e. The standard InChI is InChI=1S/C50H60N8O7.4H2S/c1-9-42(60)56-19-16-34(27-56)46(62)55(8)43(30(2)3)45(61)53-40-22-31-20-35(23-36(59)21-31)32-14-15-41-37(24-32)38(44(33-12-10-17-52-26-33)58(41)50(6,7)28-51)25-49(4,5)29-65-48(64)39-13-11-18-57(54-39)47(40)63;;;;/h9-10,12,14-15,17,20-21,23-24,26,30,34,39-40,43,54,59H,1,11,13,16,18-19,22,25,27,29H2,2-8H3,(H,53,61);4*1H2/t34-,39-,40-,43-;;;;/m0..../s1. The number of likely N-dealkylation sites (tertiary alicyclic amines) is 1. The number of hydrazine groups is 1. The number of rotatable bonds is 8. The first-order valence-corrected chi connectivity index (χ1v) is 22.4. The summed E-state index contributed by atoms with van der Waals surface area (Å²) in [4.78, 5) is 76.7. The number of nitrogens with one attached hydrogen (secondary N) is 2. The Kier molecular flexibility index (Phi) is 19.9. The number of nitriles is 1. The summed E-state index contributed by atoms with van der Waals surface area (Å²) in [7, 11) is 1.57. The lowest BCUT2D eigenvalue weighted by Gasteiger charge is -2.37. The molecule has 0 aliphatic carbocycles. The molecular formula is C50H68N8O7S4. The second-order valence-electron chi connectivity index (χ2n) is 19.3. The van der Waals surface area contributed by atoms with Crippen molar-refractivity contribution in [2.24, 2.45) is 17.3 Å². The van der Waals surface area contributed by atoms with E-state index < -0.39 is 52.8 Å². The number of carbonyl (C=O) groups is 5. The van der Waals surface area contributed by atoms with Crippen molar-refractivity contribution in [3.8, 4) is 34.2 Å². The van der Waals surface area contributed by atoms with E-state index in [4.69, 9.17) is 4.74 Å². The number of likely N-dealkylation sites (N-methyl/N-ethyl adjacent to an activating group) is 1. The monoisotopic (exact) mass is 1020 g/mol. The van der Waals surface area contributed by atoms with Gasteiger partial charge in [0.25, 0.3) is 5.91 Å². The number of hydrogen-bond donors (Lipinski definition) is 3. The lowest BCUT2D eigenvalue weighted by Crippen LogP contribution is -2.62. The van der Waals surface area contributed by atoms with Crippen molar-refractivity contribution in [1.29, 1.82) is 5.26 Å². The van der Waals surface area contributed by atoms with E-state index >= 15 is 0 Å². The molecule has 4 aromatic rings. The molecule has 0 saturated carbocycles. The van der Waals surface area contributed by atoms with Crippen LogP contribution in [0.15, 0.2) is 73.6 Å². The molecule has 6 bridgehead atoms. The SMILES string of the molecule is C=CC(=O)N1CC[C@H](C(=O)N(C)[C@H](C(=O)N[C@H]2Cc3cc(O)cc(c3)-c3ccc4c(c3)c(c(-c3cccnc3)n4C(C)(C)C#N)CC(C)(C)COC(=O)[C@@H]3CCCN(N3)C2=O)C(C)C)C1.S.S.S.S. The van der Waals surface area contributed by atoms with Crippen LogP contribution in [0.25, 0.3) is 33.3 Å². The highest BCUT2D eigenvalue weighted by atomic mass is 32.1. The van der Waals surface area contributed by atoms with Gasteiger partial charge in [0.05, 0.1) is 29.8 Å². The molecule has 3 aliphatic rings. The van der Waals surface area contributed by atoms with Crippen LogP contribution in [0.3, 0.4) is 0 Å². The van der Waals surface area contributed by atoms with Gasteiger partial charge in [0.15, 0.2) is 0 Å². The van der Waals surface area contributed by atoms with Crippen molar-refractivity contribution in [3.05, 3.63) is 84.7 Å². The minimum absolute atomic E-state index is 0. The molecule has 3 N–H and O–H groups in total. The van der Waals surface area contributed by atoms with Crippen LogP contribution in [0.4, 0.5) is 0 Å². The van der Waals surface area contributed by atoms with E-state index in [1.165, 1.54) is 16.0 Å². The number of cyclic esters (lactones) is 1. The molecule has 69 heavy (non-hydrogen) atoms. The van der Waals surface area contributed by atoms with Gasteiger partial charge in [0, 0.05) is 61.9 Å². The first-order chi connectivity index (χ1) is 30.8. The number of ether oxygens (including phenoxy) is 1. The zero-order valence-corrected chi connectivity index (χ0v) is 44.4. The molecule has 7 rings (SSSR count). The Morgan fingerprint density at radius 1 is 1.04 bits per heavy atom. The number of hydrogen-bond acceptors (Lipinski definition) is 10. The van der Waals surface area contributed by atoms with Crippen molar-refractivity contribution < 1.29 is 33.8 Å². The number of aromatic nitrogens is 2. The van der Waals surface area contributed by atoms with Crippen molar-refractivity contribution in [2.45, 2.75) is 97.3 Å². The van der Waals surface area contributed by atoms with E-state index in [1.54, 1.807) is 36.5 Å². The molecule has 2 aromatic heterocycles. The number of pyridine rings is 1. The van der Waals surface area contributed by atoms with Crippen LogP contribution >= 0.6 is 54.0 Å². The average molecular weight is 1020 g/mol. The molecule has 2 fully saturated rings. The van der Waals surface area contributed by atoms with Crippen LogP contribution in [0.5, 0.6) is 5.75 Å². The van der Waals surface area contributed by atoms with E-state index in [0.29, 0.717) is 43.4 Å². The maximum absolute atomic E-state index is 14.7. The zero-order valence-electron chi connectivity index (χ0n) is 40.4. The maximum Gasteiger partial charge on any atom is 0.324 e. The van der Waals surface area contributed by atoms with Crippen LogP contribution in [-0.2, 0) is 47.1 Å². The zero-order chi connectivity index (χ0) is 47.0. The lowest BCUT2D eigenvalue weighted by atomic mass is 9.84. The smallest absolute Gasteiger partial charge is 0.324 e. The highest BCUT2D eigenvalue weighted by Gasteiger charge is 2.40. The van der Waals surface area contributed by atoms with Gasteiger partial charge in [0.2, 0.25) is 17.7 Å². The van der Waals surface area contributed by atoms with E-state index in [1.807, 2.05) is 82.5 Å². The van der Waals surface area contributed by atoms with Gasteiger partial charge in [-0.15, -0.1) is 0 Å². The number of benzene rings is 2. The second-order valence-corrected chi connectivity index (χ2v) is 19.3. The fraction of sp³-hybridized carbons (Fsp3) is 0.460. The van der Waals surface area contributed by atoms with Gasteiger partial charge in [-0.1, -0.05) is 46.4 Å². The van der Waals surface area contributed by atoms with Crippen LogP contribution in [0, 0.1) is 28.6 Å². The Morgan fingerprint density at radius 3 is 2.42 bits per heavy atom. The minimum atomic E-state index is -1.19. The summed E-state index contributed by atoms with van der Waals surface area (Å²) >= 11 is 0. The molecule has 15 nitrogen and oxygen atoms in total. The largest absolute Gasteiger partial charge is 0.508 e. The van der Waals surface area contributed by atoms with Gasteiger partial charge in [0.1, 0.15) is 29.4 Å². The average Bonchev–Trinajstić information content (AvgIpc) is 3.90. The number of fused-ring (bicyclic) bond motifs is 6. The molecule has 2 saturated heterocycles. The van der Waals surface area contributed by atoms with Gasteiger partial charge >= 0.3 is 5.97 Å². The Balaban J connectivity index is 0.00000315. The highest BCUT2D eigenvalue weighted by molar-refractivity contribution is 7.59. The number of phenols is 1. The molecule has 19 heteroatoms. The molecule has 5 heterocycles. The molecular weight excluding hydrogens is 953 g/mol. The summed E-state index contributed by atoms with van der Waals surface area (Å²) in [5.41, 5.74) is 6.88. The van der Waals surface area contributed by atoms with E-state index in [2.05, 4.69) is 28.4 Å². The number of nitrogens with zero attached hydrogens (tertiary/aromatic N) is 6. The fourth-order valence-electron chi connectivity index (χ4n) is 9.64. The Labute approximate surface area is 433 Å². The first-order valence-electron chi connectivity index (χ1n) is 22.4. The fourth-order valence-corrected chi connectivity index (χ4v) is 9.64. The third-order valence-electron chi connectivity index (χ3n) is 12.9. The van der Waals surface area contributed by atoms with Crippen LogP contribution in [-0.4, -0.2) is 110 Å². The van der Waals surface area contributed by atoms with E-state index in [0.717, 1.165) is 33.3 Å². The van der Waals surface area contributed by atoms with Crippen molar-refractivity contribution in [2.75, 3.05) is 33.3 Å². The van der Waals surface area contributed by atoms with Gasteiger partial charge in [-0.05, 0) is 110 Å². The predicted molar refractivity (Wildman–Crippen MR) is 287 cm³/mol. The number of carbonyl (C=O) groups excluding carboxylic acids is 5. The van der Waals surface area contributed by atoms with Crippen LogP contribution in [0.1, 0.15) is 71.9 Å². The maximum atomic E-state index is 14.7. The number of esters is 1. The van der Waals surface area contributed by atoms with Crippen molar-refractivity contribution in [1.82, 2.24) is 35.1 Å². The molecule has 4 atom stereocenters. The lowest BCUT2D eigenvalue weighted by molar-refractivity contribution is -0.155. The molecule has 0 unspecified atom stereocenters. The summed E-state index contributed by atoms with van der Waals surface area (Å²) < 4.78 is 8.10. The Morgan fingerprint density at radius 2 is 1.77 bits per heavy atom.